The van der Waals surface area contributed by atoms with Gasteiger partial charge in [-0.15, -0.1) is 11.3 Å². The zero-order valence-corrected chi connectivity index (χ0v) is 16.1. The molecule has 26 heavy (non-hydrogen) atoms. The number of hydrogen-bond donors (Lipinski definition) is 0. The van der Waals surface area contributed by atoms with E-state index >= 15 is 0 Å². The number of hydrogen-bond acceptors (Lipinski definition) is 4. The van der Waals surface area contributed by atoms with Crippen molar-refractivity contribution in [1.82, 2.24) is 9.47 Å². The molecule has 0 bridgehead atoms. The highest BCUT2D eigenvalue weighted by atomic mass is 32.1. The smallest absolute Gasteiger partial charge is 0.271 e. The highest BCUT2D eigenvalue weighted by Crippen LogP contribution is 2.23. The van der Waals surface area contributed by atoms with Crippen LogP contribution < -0.4 is 4.80 Å². The fraction of sp³-hybridized carbons (Fsp3) is 0.316. The van der Waals surface area contributed by atoms with Gasteiger partial charge in [0.2, 0.25) is 0 Å². The molecular formula is C19H19N3O2S2. The van der Waals surface area contributed by atoms with E-state index in [2.05, 4.69) is 4.99 Å². The van der Waals surface area contributed by atoms with Gasteiger partial charge in [-0.25, -0.2) is 0 Å². The van der Waals surface area contributed by atoms with Crippen LogP contribution in [-0.4, -0.2) is 33.9 Å². The minimum absolute atomic E-state index is 0.0611. The molecule has 4 rings (SSSR count). The minimum Gasteiger partial charge on any atom is -0.326 e. The quantitative estimate of drug-likeness (QED) is 0.679. The van der Waals surface area contributed by atoms with Crippen molar-refractivity contribution in [3.63, 3.8) is 0 Å². The lowest BCUT2D eigenvalue weighted by Crippen LogP contribution is -2.47. The Kier molecular flexibility index (Phi) is 4.74. The van der Waals surface area contributed by atoms with Crippen LogP contribution in [0.25, 0.3) is 10.2 Å². The molecule has 5 nitrogen and oxygen atoms in total. The Labute approximate surface area is 159 Å². The van der Waals surface area contributed by atoms with Crippen LogP contribution in [-0.2, 0) is 11.8 Å². The Hall–Kier alpha value is -2.25. The Balaban J connectivity index is 1.66. The number of amides is 2. The van der Waals surface area contributed by atoms with Crippen molar-refractivity contribution < 1.29 is 9.59 Å². The standard InChI is InChI=1S/C19H19N3O2S2/c1-21-13-7-2-3-9-15(13)26-19(21)20-17(23)14-8-4-5-11-22(14)18(24)16-10-6-12-25-16/h2-3,6-7,9-10,12,14H,4-5,8,11H2,1H3. The third kappa shape index (κ3) is 3.12. The molecule has 2 amide bonds. The van der Waals surface area contributed by atoms with Gasteiger partial charge in [0.1, 0.15) is 6.04 Å². The maximum Gasteiger partial charge on any atom is 0.271 e. The highest BCUT2D eigenvalue weighted by molar-refractivity contribution is 7.16. The van der Waals surface area contributed by atoms with Gasteiger partial charge in [0.15, 0.2) is 4.80 Å². The first kappa shape index (κ1) is 17.2. The third-order valence-corrected chi connectivity index (χ3v) is 6.67. The molecule has 1 unspecified atom stereocenters. The summed E-state index contributed by atoms with van der Waals surface area (Å²) in [4.78, 5) is 33.1. The number of carbonyl (C=O) groups excluding carboxylic acids is 2. The maximum absolute atomic E-state index is 12.9. The molecule has 1 fully saturated rings. The predicted molar refractivity (Wildman–Crippen MR) is 104 cm³/mol. The van der Waals surface area contributed by atoms with Crippen LogP contribution in [0.2, 0.25) is 0 Å². The molecule has 1 aliphatic heterocycles. The predicted octanol–water partition coefficient (Wildman–Crippen LogP) is 3.42. The van der Waals surface area contributed by atoms with Crippen molar-refractivity contribution in [2.75, 3.05) is 6.54 Å². The molecule has 0 radical (unpaired) electrons. The molecule has 0 N–H and O–H groups in total. The number of nitrogens with zero attached hydrogens (tertiary/aromatic N) is 3. The first-order chi connectivity index (χ1) is 12.6. The largest absolute Gasteiger partial charge is 0.326 e. The molecule has 1 aliphatic rings. The summed E-state index contributed by atoms with van der Waals surface area (Å²) in [6, 6.07) is 11.2. The molecule has 2 aromatic heterocycles. The lowest BCUT2D eigenvalue weighted by atomic mass is 10.0. The van der Waals surface area contributed by atoms with E-state index in [4.69, 9.17) is 0 Å². The van der Waals surface area contributed by atoms with E-state index in [-0.39, 0.29) is 11.8 Å². The molecular weight excluding hydrogens is 366 g/mol. The summed E-state index contributed by atoms with van der Waals surface area (Å²) >= 11 is 2.91. The van der Waals surface area contributed by atoms with Gasteiger partial charge in [0, 0.05) is 13.6 Å². The van der Waals surface area contributed by atoms with Gasteiger partial charge in [-0.2, -0.15) is 4.99 Å². The third-order valence-electron chi connectivity index (χ3n) is 4.70. The van der Waals surface area contributed by atoms with Gasteiger partial charge in [-0.1, -0.05) is 29.5 Å². The molecule has 0 aliphatic carbocycles. The van der Waals surface area contributed by atoms with Crippen LogP contribution in [0.1, 0.15) is 28.9 Å². The van der Waals surface area contributed by atoms with Gasteiger partial charge >= 0.3 is 0 Å². The average molecular weight is 386 g/mol. The number of thiazole rings is 1. The summed E-state index contributed by atoms with van der Waals surface area (Å²) in [5.41, 5.74) is 1.05. The van der Waals surface area contributed by atoms with E-state index in [0.29, 0.717) is 22.6 Å². The van der Waals surface area contributed by atoms with Crippen LogP contribution in [0.4, 0.5) is 0 Å². The normalized spacial score (nSPS) is 18.4. The van der Waals surface area contributed by atoms with E-state index in [0.717, 1.165) is 23.1 Å². The molecule has 0 saturated carbocycles. The van der Waals surface area contributed by atoms with E-state index in [1.807, 2.05) is 53.4 Å². The summed E-state index contributed by atoms with van der Waals surface area (Å²) in [6.45, 7) is 0.612. The van der Waals surface area contributed by atoms with Crippen molar-refractivity contribution in [2.45, 2.75) is 25.3 Å². The van der Waals surface area contributed by atoms with Gasteiger partial charge in [-0.05, 0) is 42.8 Å². The monoisotopic (exact) mass is 385 g/mol. The van der Waals surface area contributed by atoms with Gasteiger partial charge in [-0.3, -0.25) is 9.59 Å². The summed E-state index contributed by atoms with van der Waals surface area (Å²) in [6.07, 6.45) is 2.55. The van der Waals surface area contributed by atoms with E-state index in [9.17, 15) is 9.59 Å². The summed E-state index contributed by atoms with van der Waals surface area (Å²) in [7, 11) is 1.92. The fourth-order valence-corrected chi connectivity index (χ4v) is 5.03. The van der Waals surface area contributed by atoms with Crippen molar-refractivity contribution in [3.05, 3.63) is 51.5 Å². The molecule has 134 valence electrons. The number of aromatic nitrogens is 1. The van der Waals surface area contributed by atoms with E-state index in [1.54, 1.807) is 4.90 Å². The van der Waals surface area contributed by atoms with Crippen LogP contribution >= 0.6 is 22.7 Å². The van der Waals surface area contributed by atoms with Crippen LogP contribution in [0.5, 0.6) is 0 Å². The van der Waals surface area contributed by atoms with E-state index in [1.165, 1.54) is 22.7 Å². The molecule has 1 atom stereocenters. The first-order valence-corrected chi connectivity index (χ1v) is 10.3. The number of fused-ring (bicyclic) bond motifs is 1. The molecule has 3 aromatic rings. The van der Waals surface area contributed by atoms with Crippen LogP contribution in [0.15, 0.2) is 46.8 Å². The van der Waals surface area contributed by atoms with Crippen LogP contribution in [0.3, 0.4) is 0 Å². The van der Waals surface area contributed by atoms with Gasteiger partial charge < -0.3 is 9.47 Å². The fourth-order valence-electron chi connectivity index (χ4n) is 3.33. The van der Waals surface area contributed by atoms with Crippen LogP contribution in [0, 0.1) is 0 Å². The number of aryl methyl sites for hydroxylation is 1. The minimum atomic E-state index is -0.469. The van der Waals surface area contributed by atoms with Crippen molar-refractivity contribution in [2.24, 2.45) is 12.0 Å². The number of carbonyl (C=O) groups is 2. The zero-order chi connectivity index (χ0) is 18.1. The number of benzene rings is 1. The highest BCUT2D eigenvalue weighted by Gasteiger charge is 2.33. The first-order valence-electron chi connectivity index (χ1n) is 8.63. The second-order valence-corrected chi connectivity index (χ2v) is 8.31. The molecule has 1 saturated heterocycles. The number of para-hydroxylation sites is 1. The maximum atomic E-state index is 12.9. The molecule has 0 spiro atoms. The summed E-state index contributed by atoms with van der Waals surface area (Å²) in [5, 5.41) is 1.88. The number of rotatable bonds is 2. The zero-order valence-electron chi connectivity index (χ0n) is 14.4. The number of likely N-dealkylation sites (tertiary alicyclic amines) is 1. The van der Waals surface area contributed by atoms with Crippen molar-refractivity contribution in [1.29, 1.82) is 0 Å². The topological polar surface area (TPSA) is 54.7 Å². The molecule has 7 heteroatoms. The summed E-state index contributed by atoms with van der Waals surface area (Å²) < 4.78 is 3.03. The SMILES string of the molecule is Cn1c(=NC(=O)C2CCCCN2C(=O)c2cccs2)sc2ccccc21. The molecule has 1 aromatic carbocycles. The lowest BCUT2D eigenvalue weighted by Gasteiger charge is -2.33. The second kappa shape index (κ2) is 7.17. The molecule has 3 heterocycles. The Morgan fingerprint density at radius 2 is 2.00 bits per heavy atom. The van der Waals surface area contributed by atoms with E-state index < -0.39 is 6.04 Å². The van der Waals surface area contributed by atoms with Crippen molar-refractivity contribution in [3.8, 4) is 0 Å². The lowest BCUT2D eigenvalue weighted by molar-refractivity contribution is -0.123. The number of thiophene rings is 1. The Bertz CT molecular complexity index is 1020. The van der Waals surface area contributed by atoms with Gasteiger partial charge in [0.05, 0.1) is 15.1 Å². The number of piperidine rings is 1. The Morgan fingerprint density at radius 3 is 2.77 bits per heavy atom. The second-order valence-electron chi connectivity index (χ2n) is 6.35. The van der Waals surface area contributed by atoms with Gasteiger partial charge in [0.25, 0.3) is 11.8 Å². The van der Waals surface area contributed by atoms with Crippen molar-refractivity contribution >= 4 is 44.7 Å². The Morgan fingerprint density at radius 1 is 1.15 bits per heavy atom. The summed E-state index contributed by atoms with van der Waals surface area (Å²) in [5.74, 6) is -0.286. The average Bonchev–Trinajstić information content (AvgIpc) is 3.31.